The summed E-state index contributed by atoms with van der Waals surface area (Å²) in [6.45, 7) is 8.37. The summed E-state index contributed by atoms with van der Waals surface area (Å²) in [5.74, 6) is -0.501. The van der Waals surface area contributed by atoms with E-state index in [-0.39, 0.29) is 23.6 Å². The molecule has 3 amide bonds. The van der Waals surface area contributed by atoms with E-state index in [1.165, 1.54) is 0 Å². The summed E-state index contributed by atoms with van der Waals surface area (Å²) in [6, 6.07) is 3.69. The van der Waals surface area contributed by atoms with E-state index in [1.54, 1.807) is 4.90 Å². The van der Waals surface area contributed by atoms with Crippen molar-refractivity contribution in [1.82, 2.24) is 10.2 Å². The van der Waals surface area contributed by atoms with Gasteiger partial charge >= 0.3 is 0 Å². The number of aliphatic hydroxyl groups is 1. The molecule has 0 radical (unpaired) electrons. The van der Waals surface area contributed by atoms with Crippen LogP contribution in [0.5, 0.6) is 5.75 Å². The van der Waals surface area contributed by atoms with Crippen LogP contribution in [0.2, 0.25) is 0 Å². The molecule has 2 bridgehead atoms. The van der Waals surface area contributed by atoms with Crippen molar-refractivity contribution in [2.24, 2.45) is 11.3 Å². The van der Waals surface area contributed by atoms with Gasteiger partial charge in [0, 0.05) is 18.0 Å². The minimum Gasteiger partial charge on any atom is -0.483 e. The third-order valence-electron chi connectivity index (χ3n) is 9.90. The van der Waals surface area contributed by atoms with E-state index in [2.05, 4.69) is 10.6 Å². The first-order valence-electron chi connectivity index (χ1n) is 12.1. The maximum atomic E-state index is 14.0. The van der Waals surface area contributed by atoms with Gasteiger partial charge in [-0.2, -0.15) is 0 Å². The van der Waals surface area contributed by atoms with Gasteiger partial charge in [-0.3, -0.25) is 14.4 Å². The molecule has 1 aliphatic carbocycles. The van der Waals surface area contributed by atoms with Crippen molar-refractivity contribution in [3.05, 3.63) is 29.3 Å². The van der Waals surface area contributed by atoms with Crippen molar-refractivity contribution in [2.75, 3.05) is 11.9 Å². The summed E-state index contributed by atoms with van der Waals surface area (Å²) in [5.41, 5.74) is -3.02. The van der Waals surface area contributed by atoms with Crippen molar-refractivity contribution in [3.8, 4) is 5.75 Å². The third kappa shape index (κ3) is 1.80. The van der Waals surface area contributed by atoms with Crippen LogP contribution in [-0.4, -0.2) is 57.1 Å². The number of fused-ring (bicyclic) bond motifs is 5. The molecule has 1 aromatic rings. The minimum atomic E-state index is -1.52. The fourth-order valence-electron chi connectivity index (χ4n) is 8.37. The van der Waals surface area contributed by atoms with Gasteiger partial charge in [0.2, 0.25) is 11.8 Å². The first kappa shape index (κ1) is 20.5. The van der Waals surface area contributed by atoms with Crippen LogP contribution >= 0.6 is 0 Å². The molecule has 1 saturated carbocycles. The van der Waals surface area contributed by atoms with Gasteiger partial charge < -0.3 is 25.4 Å². The molecule has 0 aromatic heterocycles. The van der Waals surface area contributed by atoms with Gasteiger partial charge in [0.15, 0.2) is 0 Å². The molecule has 5 atom stereocenters. The second-order valence-corrected chi connectivity index (χ2v) is 12.0. The number of anilines is 1. The van der Waals surface area contributed by atoms with Crippen LogP contribution in [0.15, 0.2) is 18.2 Å². The van der Waals surface area contributed by atoms with E-state index in [0.717, 1.165) is 12.0 Å². The lowest BCUT2D eigenvalue weighted by atomic mass is 9.57. The molecule has 0 unspecified atom stereocenters. The highest BCUT2D eigenvalue weighted by molar-refractivity contribution is 6.13. The van der Waals surface area contributed by atoms with Crippen LogP contribution in [-0.2, 0) is 19.8 Å². The second-order valence-electron chi connectivity index (χ2n) is 12.0. The zero-order valence-corrected chi connectivity index (χ0v) is 19.8. The van der Waals surface area contributed by atoms with Crippen molar-refractivity contribution in [1.29, 1.82) is 0 Å². The second kappa shape index (κ2) is 5.51. The number of nitrogens with zero attached hydrogens (tertiary/aromatic N) is 1. The van der Waals surface area contributed by atoms with Gasteiger partial charge in [0.1, 0.15) is 33.9 Å². The third-order valence-corrected chi connectivity index (χ3v) is 9.90. The number of aliphatic hydroxyl groups excluding tert-OH is 1. The van der Waals surface area contributed by atoms with Crippen LogP contribution in [0.25, 0.3) is 6.08 Å². The molecule has 1 aromatic carbocycles. The van der Waals surface area contributed by atoms with E-state index in [4.69, 9.17) is 4.74 Å². The summed E-state index contributed by atoms with van der Waals surface area (Å²) in [7, 11) is 0. The molecule has 6 aliphatic heterocycles. The zero-order chi connectivity index (χ0) is 24.1. The van der Waals surface area contributed by atoms with Gasteiger partial charge in [-0.15, -0.1) is 0 Å². The van der Waals surface area contributed by atoms with Crippen LogP contribution in [0.1, 0.15) is 58.1 Å². The topological polar surface area (TPSA) is 108 Å². The van der Waals surface area contributed by atoms with Crippen LogP contribution in [0.3, 0.4) is 0 Å². The van der Waals surface area contributed by atoms with Gasteiger partial charge in [0.25, 0.3) is 5.91 Å². The molecule has 178 valence electrons. The molecular formula is C26H29N3O5. The lowest BCUT2D eigenvalue weighted by molar-refractivity contribution is -0.180. The van der Waals surface area contributed by atoms with Gasteiger partial charge in [-0.25, -0.2) is 0 Å². The summed E-state index contributed by atoms with van der Waals surface area (Å²) in [5, 5.41) is 18.2. The van der Waals surface area contributed by atoms with Crippen molar-refractivity contribution >= 4 is 29.5 Å². The van der Waals surface area contributed by atoms with E-state index < -0.39 is 33.6 Å². The van der Waals surface area contributed by atoms with E-state index >= 15 is 0 Å². The maximum Gasteiger partial charge on any atom is 0.252 e. The van der Waals surface area contributed by atoms with Gasteiger partial charge in [-0.05, 0) is 62.3 Å². The van der Waals surface area contributed by atoms with E-state index in [9.17, 15) is 19.5 Å². The highest BCUT2D eigenvalue weighted by Crippen LogP contribution is 2.70. The van der Waals surface area contributed by atoms with Gasteiger partial charge in [0.05, 0.1) is 5.69 Å². The molecule has 4 saturated heterocycles. The van der Waals surface area contributed by atoms with Crippen molar-refractivity contribution in [3.63, 3.8) is 0 Å². The average molecular weight is 464 g/mol. The average Bonchev–Trinajstić information content (AvgIpc) is 3.37. The molecule has 6 heterocycles. The Balaban J connectivity index is 1.47. The van der Waals surface area contributed by atoms with Gasteiger partial charge in [-0.1, -0.05) is 19.9 Å². The Labute approximate surface area is 197 Å². The smallest absolute Gasteiger partial charge is 0.252 e. The quantitative estimate of drug-likeness (QED) is 0.543. The van der Waals surface area contributed by atoms with E-state index in [0.29, 0.717) is 36.4 Å². The maximum absolute atomic E-state index is 14.0. The SMILES string of the molecule is CC1(C)C=Cc2c(ccc3c2NC(=O)[C@]32[C@@H](O)[C@]34NC(=O)[C@]5(CCCN5C3=O)C[C@@H]4C2(C)C)O1. The molecule has 7 aliphatic rings. The predicted octanol–water partition coefficient (Wildman–Crippen LogP) is 1.71. The number of benzene rings is 1. The van der Waals surface area contributed by atoms with Crippen LogP contribution in [0, 0.1) is 11.3 Å². The van der Waals surface area contributed by atoms with E-state index in [1.807, 2.05) is 52.0 Å². The highest BCUT2D eigenvalue weighted by Gasteiger charge is 2.85. The normalized spacial score (nSPS) is 41.6. The molecule has 3 N–H and O–H groups in total. The standard InChI is InChI=1S/C26H29N3O5/c1-22(2)10-8-13-15(34-22)7-6-14-17(13)27-20(32)25(14)18(30)26-16(23(25,3)4)12-24(19(31)28-26)9-5-11-29(24)21(26)33/h6-8,10,16,18,30H,5,9,11-12H2,1-4H3,(H,27,32)(H,28,31)/t16-,18-,24+,25-,26+/m1/s1. The fraction of sp³-hybridized carbons (Fsp3) is 0.577. The Morgan fingerprint density at radius 3 is 2.65 bits per heavy atom. The van der Waals surface area contributed by atoms with Crippen LogP contribution < -0.4 is 15.4 Å². The molecule has 3 spiro atoms. The fourth-order valence-corrected chi connectivity index (χ4v) is 8.37. The number of carbonyl (C=O) groups is 3. The summed E-state index contributed by atoms with van der Waals surface area (Å²) >= 11 is 0. The largest absolute Gasteiger partial charge is 0.483 e. The number of piperazine rings is 1. The molecule has 5 fully saturated rings. The molecule has 8 heteroatoms. The minimum absolute atomic E-state index is 0.199. The predicted molar refractivity (Wildman–Crippen MR) is 123 cm³/mol. The zero-order valence-electron chi connectivity index (χ0n) is 19.8. The Morgan fingerprint density at radius 1 is 1.12 bits per heavy atom. The number of ether oxygens (including phenoxy) is 1. The number of rotatable bonds is 0. The summed E-state index contributed by atoms with van der Waals surface area (Å²) < 4.78 is 6.11. The number of carbonyl (C=O) groups excluding carboxylic acids is 3. The number of hydrogen-bond donors (Lipinski definition) is 3. The molecule has 8 rings (SSSR count). The van der Waals surface area contributed by atoms with Crippen LogP contribution in [0.4, 0.5) is 5.69 Å². The molecule has 8 nitrogen and oxygen atoms in total. The Morgan fingerprint density at radius 2 is 1.88 bits per heavy atom. The first-order valence-corrected chi connectivity index (χ1v) is 12.1. The Kier molecular flexibility index (Phi) is 3.32. The number of hydrogen-bond acceptors (Lipinski definition) is 5. The lowest BCUT2D eigenvalue weighted by Gasteiger charge is -2.59. The molecular weight excluding hydrogens is 434 g/mol. The van der Waals surface area contributed by atoms with Crippen molar-refractivity contribution in [2.45, 2.75) is 75.2 Å². The Bertz CT molecular complexity index is 1270. The summed E-state index contributed by atoms with van der Waals surface area (Å²) in [4.78, 5) is 43.0. The number of piperidine rings is 2. The summed E-state index contributed by atoms with van der Waals surface area (Å²) in [6.07, 6.45) is 4.33. The monoisotopic (exact) mass is 463 g/mol. The lowest BCUT2D eigenvalue weighted by Crippen LogP contribution is -2.83. The highest BCUT2D eigenvalue weighted by atomic mass is 16.5. The Hall–Kier alpha value is -2.87. The first-order chi connectivity index (χ1) is 15.9. The number of amides is 3. The number of nitrogens with one attached hydrogen (secondary N) is 2. The molecule has 34 heavy (non-hydrogen) atoms. The van der Waals surface area contributed by atoms with Crippen molar-refractivity contribution < 1.29 is 24.2 Å².